The second-order valence-corrected chi connectivity index (χ2v) is 9.98. The fourth-order valence-electron chi connectivity index (χ4n) is 2.53. The van der Waals surface area contributed by atoms with E-state index in [1.165, 1.54) is 36.4 Å². The average molecular weight is 481 g/mol. The van der Waals surface area contributed by atoms with Crippen molar-refractivity contribution in [3.8, 4) is 0 Å². The molecule has 0 saturated carbocycles. The monoisotopic (exact) mass is 480 g/mol. The Morgan fingerprint density at radius 1 is 0.688 bits per heavy atom. The third-order valence-corrected chi connectivity index (χ3v) is 6.76. The van der Waals surface area contributed by atoms with E-state index in [2.05, 4.69) is 22.8 Å². The summed E-state index contributed by atoms with van der Waals surface area (Å²) in [5, 5.41) is 4.94. The summed E-state index contributed by atoms with van der Waals surface area (Å²) in [6.45, 7) is 0.561. The molecule has 0 aliphatic heterocycles. The zero-order chi connectivity index (χ0) is 23.5. The molecule has 2 rings (SSSR count). The molecule has 2 aromatic rings. The van der Waals surface area contributed by atoms with E-state index in [4.69, 9.17) is 0 Å². The molecule has 0 aliphatic rings. The van der Waals surface area contributed by atoms with E-state index in [9.17, 15) is 26.4 Å². The number of carbonyl (C=O) groups is 2. The minimum Gasteiger partial charge on any atom is -0.337 e. The Morgan fingerprint density at radius 3 is 1.44 bits per heavy atom. The van der Waals surface area contributed by atoms with Crippen LogP contribution in [0.3, 0.4) is 0 Å². The Labute approximate surface area is 187 Å². The molecule has 32 heavy (non-hydrogen) atoms. The molecule has 0 atom stereocenters. The van der Waals surface area contributed by atoms with Crippen molar-refractivity contribution in [1.82, 2.24) is 20.1 Å². The van der Waals surface area contributed by atoms with Gasteiger partial charge in [0.1, 0.15) is 0 Å². The molecule has 172 valence electrons. The highest BCUT2D eigenvalue weighted by Crippen LogP contribution is 2.07. The SMILES string of the molecule is O=C(NCCCCCCNC(=O)NS(=O)(=O)c1c[c]ccc1)NS(=O)(=O)c1c[c]ccc1. The van der Waals surface area contributed by atoms with E-state index >= 15 is 0 Å². The van der Waals surface area contributed by atoms with Crippen molar-refractivity contribution in [3.63, 3.8) is 0 Å². The molecule has 12 heteroatoms. The van der Waals surface area contributed by atoms with E-state index in [1.807, 2.05) is 9.44 Å². The summed E-state index contributed by atoms with van der Waals surface area (Å²) in [6, 6.07) is 15.0. The standard InChI is InChI=1S/C20H24N4O6S2/c25-19(23-31(27,28)17-11-5-3-6-12-17)21-15-9-1-2-10-16-22-20(26)24-32(29,30)18-13-7-4-8-14-18/h3-5,7,11-14H,1-2,9-10,15-16H2,(H2,21,23,25)(H2,22,24,26). The molecule has 0 aliphatic carbocycles. The fraction of sp³-hybridized carbons (Fsp3) is 0.300. The summed E-state index contributed by atoms with van der Waals surface area (Å²) in [4.78, 5) is 23.4. The Hall–Kier alpha value is -3.12. The first-order valence-electron chi connectivity index (χ1n) is 9.74. The number of sulfonamides is 2. The van der Waals surface area contributed by atoms with Gasteiger partial charge in [-0.25, -0.2) is 35.9 Å². The number of nitrogens with one attached hydrogen (secondary N) is 4. The van der Waals surface area contributed by atoms with Gasteiger partial charge in [0, 0.05) is 13.1 Å². The van der Waals surface area contributed by atoms with E-state index in [1.54, 1.807) is 12.1 Å². The summed E-state index contributed by atoms with van der Waals surface area (Å²) in [7, 11) is -7.87. The lowest BCUT2D eigenvalue weighted by molar-refractivity contribution is 0.244. The molecule has 4 N–H and O–H groups in total. The van der Waals surface area contributed by atoms with E-state index < -0.39 is 32.1 Å². The van der Waals surface area contributed by atoms with E-state index in [0.717, 1.165) is 12.8 Å². The van der Waals surface area contributed by atoms with E-state index in [-0.39, 0.29) is 22.9 Å². The van der Waals surface area contributed by atoms with Crippen LogP contribution in [0.1, 0.15) is 25.7 Å². The van der Waals surface area contributed by atoms with Crippen molar-refractivity contribution in [2.45, 2.75) is 35.5 Å². The number of carbonyl (C=O) groups excluding carboxylic acids is 2. The fourth-order valence-corrected chi connectivity index (χ4v) is 4.36. The van der Waals surface area contributed by atoms with Crippen LogP contribution in [0.4, 0.5) is 9.59 Å². The smallest absolute Gasteiger partial charge is 0.328 e. The molecule has 4 amide bonds. The summed E-state index contributed by atoms with van der Waals surface area (Å²) in [5.41, 5.74) is 0. The normalized spacial score (nSPS) is 11.4. The molecule has 10 nitrogen and oxygen atoms in total. The zero-order valence-electron chi connectivity index (χ0n) is 17.1. The maximum atomic E-state index is 12.0. The molecule has 2 radical (unpaired) electrons. The maximum Gasteiger partial charge on any atom is 0.328 e. The summed E-state index contributed by atoms with van der Waals surface area (Å²) >= 11 is 0. The molecule has 0 spiro atoms. The number of hydrogen-bond donors (Lipinski definition) is 4. The Bertz CT molecular complexity index is 1000. The van der Waals surface area contributed by atoms with Crippen LogP contribution in [0.2, 0.25) is 0 Å². The minimum atomic E-state index is -3.94. The highest BCUT2D eigenvalue weighted by molar-refractivity contribution is 7.90. The largest absolute Gasteiger partial charge is 0.337 e. The molecule has 0 unspecified atom stereocenters. The summed E-state index contributed by atoms with van der Waals surface area (Å²) < 4.78 is 51.9. The van der Waals surface area contributed by atoms with E-state index in [0.29, 0.717) is 12.8 Å². The molecule has 0 saturated heterocycles. The first-order chi connectivity index (χ1) is 15.2. The molecule has 0 bridgehead atoms. The number of benzene rings is 2. The number of unbranched alkanes of at least 4 members (excludes halogenated alkanes) is 3. The van der Waals surface area contributed by atoms with Gasteiger partial charge in [0.2, 0.25) is 0 Å². The number of urea groups is 2. The van der Waals surface area contributed by atoms with Gasteiger partial charge in [0.15, 0.2) is 0 Å². The van der Waals surface area contributed by atoms with Crippen LogP contribution in [0.15, 0.2) is 58.3 Å². The van der Waals surface area contributed by atoms with Crippen LogP contribution in [0.25, 0.3) is 0 Å². The van der Waals surface area contributed by atoms with Crippen LogP contribution < -0.4 is 20.1 Å². The second kappa shape index (κ2) is 12.1. The van der Waals surface area contributed by atoms with Gasteiger partial charge >= 0.3 is 12.1 Å². The number of hydrogen-bond acceptors (Lipinski definition) is 6. The molecule has 0 heterocycles. The quantitative estimate of drug-likeness (QED) is 0.358. The highest BCUT2D eigenvalue weighted by atomic mass is 32.2. The first-order valence-corrected chi connectivity index (χ1v) is 12.7. The third-order valence-electron chi connectivity index (χ3n) is 4.11. The summed E-state index contributed by atoms with van der Waals surface area (Å²) in [5.74, 6) is 0. The Kier molecular flexibility index (Phi) is 9.47. The third kappa shape index (κ3) is 8.55. The van der Waals surface area contributed by atoms with Crippen LogP contribution >= 0.6 is 0 Å². The second-order valence-electron chi connectivity index (χ2n) is 6.62. The highest BCUT2D eigenvalue weighted by Gasteiger charge is 2.17. The topological polar surface area (TPSA) is 151 Å². The number of amides is 4. The van der Waals surface area contributed by atoms with Gasteiger partial charge in [-0.2, -0.15) is 0 Å². The maximum absolute atomic E-state index is 12.0. The van der Waals surface area contributed by atoms with Crippen LogP contribution in [0.5, 0.6) is 0 Å². The van der Waals surface area contributed by atoms with Gasteiger partial charge in [-0.05, 0) is 49.2 Å². The van der Waals surface area contributed by atoms with Gasteiger partial charge in [-0.1, -0.05) is 37.1 Å². The Balaban J connectivity index is 1.55. The van der Waals surface area contributed by atoms with Gasteiger partial charge in [0.25, 0.3) is 20.0 Å². The predicted octanol–water partition coefficient (Wildman–Crippen LogP) is 1.52. The number of rotatable bonds is 11. The lowest BCUT2D eigenvalue weighted by Gasteiger charge is -2.09. The predicted molar refractivity (Wildman–Crippen MR) is 116 cm³/mol. The van der Waals surface area contributed by atoms with Gasteiger partial charge in [-0.15, -0.1) is 0 Å². The van der Waals surface area contributed by atoms with Crippen LogP contribution in [-0.4, -0.2) is 42.0 Å². The first kappa shape index (κ1) is 25.1. The van der Waals surface area contributed by atoms with Crippen molar-refractivity contribution >= 4 is 32.1 Å². The molecular weight excluding hydrogens is 456 g/mol. The zero-order valence-corrected chi connectivity index (χ0v) is 18.8. The molecule has 0 fully saturated rings. The van der Waals surface area contributed by atoms with Gasteiger partial charge < -0.3 is 10.6 Å². The van der Waals surface area contributed by atoms with Crippen LogP contribution in [-0.2, 0) is 20.0 Å². The lowest BCUT2D eigenvalue weighted by Crippen LogP contribution is -2.40. The minimum absolute atomic E-state index is 0.0541. The van der Waals surface area contributed by atoms with Crippen molar-refractivity contribution in [2.75, 3.05) is 13.1 Å². The van der Waals surface area contributed by atoms with Crippen molar-refractivity contribution in [1.29, 1.82) is 0 Å². The lowest BCUT2D eigenvalue weighted by atomic mass is 10.2. The summed E-state index contributed by atoms with van der Waals surface area (Å²) in [6.07, 6.45) is 2.67. The van der Waals surface area contributed by atoms with Crippen molar-refractivity contribution < 1.29 is 26.4 Å². The van der Waals surface area contributed by atoms with Gasteiger partial charge in [0.05, 0.1) is 9.79 Å². The average Bonchev–Trinajstić information content (AvgIpc) is 2.76. The van der Waals surface area contributed by atoms with Crippen molar-refractivity contribution in [3.05, 3.63) is 60.7 Å². The molecule has 2 aromatic carbocycles. The molecule has 0 aromatic heterocycles. The molecular formula is C20H24N4O6S2. The van der Waals surface area contributed by atoms with Crippen LogP contribution in [0, 0.1) is 12.1 Å². The Morgan fingerprint density at radius 2 is 1.09 bits per heavy atom. The van der Waals surface area contributed by atoms with Crippen molar-refractivity contribution in [2.24, 2.45) is 0 Å². The van der Waals surface area contributed by atoms with Gasteiger partial charge in [-0.3, -0.25) is 0 Å².